The van der Waals surface area contributed by atoms with Crippen LogP contribution in [0.4, 0.5) is 0 Å². The van der Waals surface area contributed by atoms with Crippen molar-refractivity contribution in [1.29, 1.82) is 0 Å². The summed E-state index contributed by atoms with van der Waals surface area (Å²) >= 11 is 6.33. The standard InChI is InChI=1S/C25H26ClNO6/c1-4-6-13-27-22(16-7-9-17(10-8-16)33-15(3)28)21(24(30)25(27)31)23(29)19-14-18(32-5-2)11-12-20(19)26/h7-12,14,22,29H,4-6,13H2,1-3H3/b23-21+. The van der Waals surface area contributed by atoms with Crippen LogP contribution < -0.4 is 9.47 Å². The zero-order valence-electron chi connectivity index (χ0n) is 18.8. The molecular formula is C25H26ClNO6. The van der Waals surface area contributed by atoms with Crippen LogP contribution in [0, 0.1) is 0 Å². The molecule has 1 aliphatic heterocycles. The zero-order valence-corrected chi connectivity index (χ0v) is 19.5. The second-order valence-corrected chi connectivity index (χ2v) is 7.99. The number of likely N-dealkylation sites (tertiary alicyclic amines) is 1. The third-order valence-electron chi connectivity index (χ3n) is 5.25. The summed E-state index contributed by atoms with van der Waals surface area (Å²) in [7, 11) is 0. The Morgan fingerprint density at radius 3 is 2.36 bits per heavy atom. The first kappa shape index (κ1) is 24.3. The largest absolute Gasteiger partial charge is 0.507 e. The van der Waals surface area contributed by atoms with Crippen LogP contribution in [0.1, 0.15) is 50.8 Å². The summed E-state index contributed by atoms with van der Waals surface area (Å²) in [6.07, 6.45) is 1.51. The van der Waals surface area contributed by atoms with Gasteiger partial charge in [-0.25, -0.2) is 0 Å². The maximum Gasteiger partial charge on any atom is 0.308 e. The van der Waals surface area contributed by atoms with Gasteiger partial charge in [-0.1, -0.05) is 37.1 Å². The van der Waals surface area contributed by atoms with Crippen molar-refractivity contribution in [3.05, 3.63) is 64.2 Å². The summed E-state index contributed by atoms with van der Waals surface area (Å²) in [5.41, 5.74) is 0.754. The SMILES string of the molecule is CCCCN1C(=O)C(=O)/C(=C(/O)c2cc(OCC)ccc2Cl)C1c1ccc(OC(C)=O)cc1. The second-order valence-electron chi connectivity index (χ2n) is 7.58. The number of carbonyl (C=O) groups excluding carboxylic acids is 3. The number of Topliss-reactive ketones (excluding diaryl/α,β-unsaturated/α-hetero) is 1. The van der Waals surface area contributed by atoms with Gasteiger partial charge in [0.25, 0.3) is 11.7 Å². The Morgan fingerprint density at radius 1 is 1.09 bits per heavy atom. The lowest BCUT2D eigenvalue weighted by Crippen LogP contribution is -2.30. The van der Waals surface area contributed by atoms with E-state index in [1.54, 1.807) is 42.5 Å². The van der Waals surface area contributed by atoms with Gasteiger partial charge in [0.05, 0.1) is 23.2 Å². The minimum atomic E-state index is -0.810. The molecule has 1 unspecified atom stereocenters. The molecular weight excluding hydrogens is 446 g/mol. The molecule has 0 bridgehead atoms. The van der Waals surface area contributed by atoms with E-state index in [0.29, 0.717) is 36.6 Å². The molecule has 174 valence electrons. The number of hydrogen-bond acceptors (Lipinski definition) is 6. The van der Waals surface area contributed by atoms with E-state index >= 15 is 0 Å². The predicted molar refractivity (Wildman–Crippen MR) is 124 cm³/mol. The maximum atomic E-state index is 13.1. The van der Waals surface area contributed by atoms with Gasteiger partial charge >= 0.3 is 5.97 Å². The van der Waals surface area contributed by atoms with Crippen LogP contribution in [-0.2, 0) is 14.4 Å². The third kappa shape index (κ3) is 5.20. The number of unbranched alkanes of at least 4 members (excludes halogenated alkanes) is 1. The third-order valence-corrected chi connectivity index (χ3v) is 5.58. The lowest BCUT2D eigenvalue weighted by molar-refractivity contribution is -0.139. The highest BCUT2D eigenvalue weighted by Crippen LogP contribution is 2.41. The second kappa shape index (κ2) is 10.5. The van der Waals surface area contributed by atoms with E-state index in [0.717, 1.165) is 6.42 Å². The molecule has 33 heavy (non-hydrogen) atoms. The minimum Gasteiger partial charge on any atom is -0.507 e. The molecule has 1 N–H and O–H groups in total. The Hall–Kier alpha value is -3.32. The van der Waals surface area contributed by atoms with Gasteiger partial charge in [-0.15, -0.1) is 0 Å². The first-order chi connectivity index (χ1) is 15.8. The minimum absolute atomic E-state index is 0.0492. The Kier molecular flexibility index (Phi) is 7.76. The number of hydrogen-bond donors (Lipinski definition) is 1. The molecule has 8 heteroatoms. The first-order valence-corrected chi connectivity index (χ1v) is 11.2. The summed E-state index contributed by atoms with van der Waals surface area (Å²) in [4.78, 5) is 38.7. The van der Waals surface area contributed by atoms with Crippen LogP contribution in [0.25, 0.3) is 5.76 Å². The van der Waals surface area contributed by atoms with E-state index in [2.05, 4.69) is 0 Å². The van der Waals surface area contributed by atoms with E-state index in [9.17, 15) is 19.5 Å². The Labute approximate surface area is 197 Å². The molecule has 1 fully saturated rings. The highest BCUT2D eigenvalue weighted by molar-refractivity contribution is 6.47. The molecule has 2 aromatic rings. The molecule has 0 saturated carbocycles. The number of aliphatic hydroxyl groups is 1. The maximum absolute atomic E-state index is 13.1. The highest BCUT2D eigenvalue weighted by atomic mass is 35.5. The summed E-state index contributed by atoms with van der Waals surface area (Å²) in [6.45, 7) is 5.87. The van der Waals surface area contributed by atoms with Gasteiger partial charge in [-0.3, -0.25) is 14.4 Å². The predicted octanol–water partition coefficient (Wildman–Crippen LogP) is 4.89. The van der Waals surface area contributed by atoms with Crippen molar-refractivity contribution in [2.24, 2.45) is 0 Å². The molecule has 2 aromatic carbocycles. The number of aliphatic hydroxyl groups excluding tert-OH is 1. The number of nitrogens with zero attached hydrogens (tertiary/aromatic N) is 1. The van der Waals surface area contributed by atoms with Crippen molar-refractivity contribution in [3.8, 4) is 11.5 Å². The van der Waals surface area contributed by atoms with E-state index in [4.69, 9.17) is 21.1 Å². The highest BCUT2D eigenvalue weighted by Gasteiger charge is 2.46. The summed E-state index contributed by atoms with van der Waals surface area (Å²) in [5.74, 6) is -1.48. The number of amides is 1. The average molecular weight is 472 g/mol. The molecule has 3 rings (SSSR count). The van der Waals surface area contributed by atoms with Crippen LogP contribution in [0.2, 0.25) is 5.02 Å². The van der Waals surface area contributed by atoms with Crippen molar-refractivity contribution in [2.75, 3.05) is 13.2 Å². The summed E-state index contributed by atoms with van der Waals surface area (Å²) in [5, 5.41) is 11.4. The number of carbonyl (C=O) groups is 3. The van der Waals surface area contributed by atoms with Gasteiger partial charge in [0.15, 0.2) is 0 Å². The molecule has 0 aliphatic carbocycles. The fourth-order valence-electron chi connectivity index (χ4n) is 3.76. The molecule has 1 aliphatic rings. The van der Waals surface area contributed by atoms with Crippen LogP contribution in [-0.4, -0.2) is 40.8 Å². The van der Waals surface area contributed by atoms with Crippen LogP contribution in [0.5, 0.6) is 11.5 Å². The average Bonchev–Trinajstić information content (AvgIpc) is 3.03. The number of ether oxygens (including phenoxy) is 2. The molecule has 1 heterocycles. The Bertz CT molecular complexity index is 1090. The first-order valence-electron chi connectivity index (χ1n) is 10.8. The number of ketones is 1. The molecule has 0 aromatic heterocycles. The van der Waals surface area contributed by atoms with Crippen LogP contribution in [0.3, 0.4) is 0 Å². The van der Waals surface area contributed by atoms with Gasteiger partial charge in [0.2, 0.25) is 0 Å². The molecule has 1 atom stereocenters. The van der Waals surface area contributed by atoms with E-state index in [-0.39, 0.29) is 21.9 Å². The molecule has 7 nitrogen and oxygen atoms in total. The lowest BCUT2D eigenvalue weighted by Gasteiger charge is -2.25. The van der Waals surface area contributed by atoms with E-state index in [1.165, 1.54) is 11.8 Å². The van der Waals surface area contributed by atoms with Crippen molar-refractivity contribution in [1.82, 2.24) is 4.90 Å². The molecule has 0 spiro atoms. The Morgan fingerprint density at radius 2 is 1.76 bits per heavy atom. The quantitative estimate of drug-likeness (QED) is 0.194. The number of rotatable bonds is 8. The van der Waals surface area contributed by atoms with Crippen LogP contribution >= 0.6 is 11.6 Å². The summed E-state index contributed by atoms with van der Waals surface area (Å²) < 4.78 is 10.6. The van der Waals surface area contributed by atoms with Gasteiger partial charge < -0.3 is 19.5 Å². The fraction of sp³-hybridized carbons (Fsp3) is 0.320. The smallest absolute Gasteiger partial charge is 0.308 e. The lowest BCUT2D eigenvalue weighted by atomic mass is 9.95. The van der Waals surface area contributed by atoms with Crippen molar-refractivity contribution in [2.45, 2.75) is 39.7 Å². The van der Waals surface area contributed by atoms with Crippen molar-refractivity contribution >= 4 is 35.0 Å². The normalized spacial score (nSPS) is 17.3. The van der Waals surface area contributed by atoms with E-state index in [1.807, 2.05) is 13.8 Å². The number of halogens is 1. The van der Waals surface area contributed by atoms with Gasteiger partial charge in [0.1, 0.15) is 17.3 Å². The van der Waals surface area contributed by atoms with Gasteiger partial charge in [-0.05, 0) is 49.2 Å². The summed E-state index contributed by atoms with van der Waals surface area (Å²) in [6, 6.07) is 10.5. The zero-order chi connectivity index (χ0) is 24.1. The van der Waals surface area contributed by atoms with Gasteiger partial charge in [0, 0.05) is 19.0 Å². The topological polar surface area (TPSA) is 93.1 Å². The van der Waals surface area contributed by atoms with E-state index < -0.39 is 23.7 Å². The van der Waals surface area contributed by atoms with Crippen molar-refractivity contribution in [3.63, 3.8) is 0 Å². The molecule has 1 amide bonds. The number of esters is 1. The van der Waals surface area contributed by atoms with Crippen molar-refractivity contribution < 1.29 is 29.0 Å². The fourth-order valence-corrected chi connectivity index (χ4v) is 3.96. The molecule has 0 radical (unpaired) electrons. The van der Waals surface area contributed by atoms with Gasteiger partial charge in [-0.2, -0.15) is 0 Å². The molecule has 1 saturated heterocycles. The monoisotopic (exact) mass is 471 g/mol. The Balaban J connectivity index is 2.14. The number of benzene rings is 2. The van der Waals surface area contributed by atoms with Crippen LogP contribution in [0.15, 0.2) is 48.0 Å².